The molecule has 84 valence electrons. The van der Waals surface area contributed by atoms with Crippen molar-refractivity contribution in [3.05, 3.63) is 0 Å². The SMILES string of the molecule is CCOCCN(CC)C(C)C(=O)NN. The summed E-state index contributed by atoms with van der Waals surface area (Å²) in [6, 6.07) is -0.203. The van der Waals surface area contributed by atoms with E-state index < -0.39 is 0 Å². The van der Waals surface area contributed by atoms with E-state index in [2.05, 4.69) is 5.43 Å². The fourth-order valence-corrected chi connectivity index (χ4v) is 1.24. The van der Waals surface area contributed by atoms with Crippen molar-refractivity contribution < 1.29 is 9.53 Å². The topological polar surface area (TPSA) is 67.6 Å². The van der Waals surface area contributed by atoms with Crippen molar-refractivity contribution in [2.45, 2.75) is 26.8 Å². The lowest BCUT2D eigenvalue weighted by Crippen LogP contribution is -2.48. The van der Waals surface area contributed by atoms with Crippen LogP contribution in [0.1, 0.15) is 20.8 Å². The first-order valence-corrected chi connectivity index (χ1v) is 4.99. The molecule has 0 fully saturated rings. The Labute approximate surface area is 85.6 Å². The van der Waals surface area contributed by atoms with E-state index >= 15 is 0 Å². The van der Waals surface area contributed by atoms with Crippen molar-refractivity contribution >= 4 is 5.91 Å². The van der Waals surface area contributed by atoms with Crippen molar-refractivity contribution in [2.24, 2.45) is 5.84 Å². The molecule has 1 amide bonds. The van der Waals surface area contributed by atoms with E-state index in [0.29, 0.717) is 13.2 Å². The van der Waals surface area contributed by atoms with Crippen LogP contribution in [0.2, 0.25) is 0 Å². The molecule has 0 spiro atoms. The Morgan fingerprint density at radius 1 is 1.57 bits per heavy atom. The third-order valence-electron chi connectivity index (χ3n) is 2.20. The molecular formula is C9H21N3O2. The van der Waals surface area contributed by atoms with Gasteiger partial charge in [-0.25, -0.2) is 5.84 Å². The second-order valence-corrected chi connectivity index (χ2v) is 3.01. The first kappa shape index (κ1) is 13.4. The Morgan fingerprint density at radius 3 is 2.64 bits per heavy atom. The van der Waals surface area contributed by atoms with Gasteiger partial charge < -0.3 is 4.74 Å². The number of nitrogens with zero attached hydrogens (tertiary/aromatic N) is 1. The summed E-state index contributed by atoms with van der Waals surface area (Å²) < 4.78 is 5.22. The molecule has 3 N–H and O–H groups in total. The molecule has 1 atom stereocenters. The van der Waals surface area contributed by atoms with Crippen molar-refractivity contribution in [1.29, 1.82) is 0 Å². The minimum atomic E-state index is -0.203. The number of nitrogens with two attached hydrogens (primary N) is 1. The van der Waals surface area contributed by atoms with Crippen LogP contribution < -0.4 is 11.3 Å². The van der Waals surface area contributed by atoms with Crippen LogP contribution in [-0.4, -0.2) is 43.2 Å². The lowest BCUT2D eigenvalue weighted by Gasteiger charge is -2.25. The number of rotatable bonds is 7. The molecule has 0 aromatic carbocycles. The molecule has 0 aromatic rings. The van der Waals surface area contributed by atoms with Crippen LogP contribution in [0.5, 0.6) is 0 Å². The number of nitrogens with one attached hydrogen (secondary N) is 1. The number of carbonyl (C=O) groups excluding carboxylic acids is 1. The van der Waals surface area contributed by atoms with Gasteiger partial charge in [-0.3, -0.25) is 15.1 Å². The van der Waals surface area contributed by atoms with Crippen LogP contribution in [0.3, 0.4) is 0 Å². The molecule has 0 rings (SSSR count). The van der Waals surface area contributed by atoms with Gasteiger partial charge in [0.1, 0.15) is 0 Å². The molecule has 0 saturated heterocycles. The van der Waals surface area contributed by atoms with Crippen molar-refractivity contribution in [3.63, 3.8) is 0 Å². The highest BCUT2D eigenvalue weighted by molar-refractivity contribution is 5.80. The summed E-state index contributed by atoms with van der Waals surface area (Å²) in [6.45, 7) is 8.69. The number of hydrogen-bond acceptors (Lipinski definition) is 4. The molecule has 14 heavy (non-hydrogen) atoms. The van der Waals surface area contributed by atoms with E-state index in [-0.39, 0.29) is 11.9 Å². The summed E-state index contributed by atoms with van der Waals surface area (Å²) in [6.07, 6.45) is 0. The van der Waals surface area contributed by atoms with Gasteiger partial charge in [-0.15, -0.1) is 0 Å². The van der Waals surface area contributed by atoms with E-state index in [4.69, 9.17) is 10.6 Å². The quantitative estimate of drug-likeness (QED) is 0.258. The Morgan fingerprint density at radius 2 is 2.21 bits per heavy atom. The lowest BCUT2D eigenvalue weighted by atomic mass is 10.2. The zero-order chi connectivity index (χ0) is 11.0. The molecule has 1 unspecified atom stereocenters. The van der Waals surface area contributed by atoms with Gasteiger partial charge in [0.2, 0.25) is 0 Å². The average molecular weight is 203 g/mol. The maximum atomic E-state index is 11.2. The van der Waals surface area contributed by atoms with Crippen LogP contribution in [0.4, 0.5) is 0 Å². The summed E-state index contributed by atoms with van der Waals surface area (Å²) >= 11 is 0. The molecule has 0 aliphatic heterocycles. The van der Waals surface area contributed by atoms with Gasteiger partial charge >= 0.3 is 0 Å². The summed E-state index contributed by atoms with van der Waals surface area (Å²) in [5, 5.41) is 0. The van der Waals surface area contributed by atoms with Crippen molar-refractivity contribution in [3.8, 4) is 0 Å². The smallest absolute Gasteiger partial charge is 0.250 e. The monoisotopic (exact) mass is 203 g/mol. The first-order chi connectivity index (χ1) is 6.67. The number of hydrazine groups is 1. The second-order valence-electron chi connectivity index (χ2n) is 3.01. The Balaban J connectivity index is 3.92. The van der Waals surface area contributed by atoms with Crippen LogP contribution in [0.15, 0.2) is 0 Å². The minimum Gasteiger partial charge on any atom is -0.380 e. The highest BCUT2D eigenvalue weighted by Crippen LogP contribution is 1.98. The summed E-state index contributed by atoms with van der Waals surface area (Å²) in [5.41, 5.74) is 2.15. The molecule has 5 heteroatoms. The maximum absolute atomic E-state index is 11.2. The molecule has 0 saturated carbocycles. The Kier molecular flexibility index (Phi) is 7.37. The zero-order valence-electron chi connectivity index (χ0n) is 9.25. The van der Waals surface area contributed by atoms with E-state index in [0.717, 1.165) is 13.1 Å². The second kappa shape index (κ2) is 7.73. The van der Waals surface area contributed by atoms with Gasteiger partial charge in [0.15, 0.2) is 0 Å². The summed E-state index contributed by atoms with van der Waals surface area (Å²) in [5.74, 6) is 4.90. The lowest BCUT2D eigenvalue weighted by molar-refractivity contribution is -0.126. The fraction of sp³-hybridized carbons (Fsp3) is 0.889. The number of likely N-dealkylation sites (N-methyl/N-ethyl adjacent to an activating group) is 1. The molecule has 0 heterocycles. The van der Waals surface area contributed by atoms with Gasteiger partial charge in [-0.1, -0.05) is 6.92 Å². The number of carbonyl (C=O) groups is 1. The van der Waals surface area contributed by atoms with Gasteiger partial charge in [0.25, 0.3) is 5.91 Å². The zero-order valence-corrected chi connectivity index (χ0v) is 9.25. The van der Waals surface area contributed by atoms with Gasteiger partial charge in [0.05, 0.1) is 12.6 Å². The van der Waals surface area contributed by atoms with E-state index in [9.17, 15) is 4.79 Å². The minimum absolute atomic E-state index is 0.164. The molecular weight excluding hydrogens is 182 g/mol. The van der Waals surface area contributed by atoms with E-state index in [1.807, 2.05) is 25.7 Å². The molecule has 0 aliphatic carbocycles. The van der Waals surface area contributed by atoms with Crippen LogP contribution in [0.25, 0.3) is 0 Å². The first-order valence-electron chi connectivity index (χ1n) is 4.99. The van der Waals surface area contributed by atoms with Gasteiger partial charge in [0, 0.05) is 13.2 Å². The number of hydrogen-bond donors (Lipinski definition) is 2. The molecule has 0 aliphatic rings. The number of ether oxygens (including phenoxy) is 1. The summed E-state index contributed by atoms with van der Waals surface area (Å²) in [4.78, 5) is 13.2. The molecule has 0 aromatic heterocycles. The molecule has 0 bridgehead atoms. The Hall–Kier alpha value is -0.650. The van der Waals surface area contributed by atoms with Crippen molar-refractivity contribution in [1.82, 2.24) is 10.3 Å². The van der Waals surface area contributed by atoms with Gasteiger partial charge in [-0.2, -0.15) is 0 Å². The normalized spacial score (nSPS) is 12.9. The summed E-state index contributed by atoms with van der Waals surface area (Å²) in [7, 11) is 0. The fourth-order valence-electron chi connectivity index (χ4n) is 1.24. The predicted octanol–water partition coefficient (Wildman–Crippen LogP) is -0.277. The highest BCUT2D eigenvalue weighted by Gasteiger charge is 2.18. The van der Waals surface area contributed by atoms with Crippen molar-refractivity contribution in [2.75, 3.05) is 26.3 Å². The third-order valence-corrected chi connectivity index (χ3v) is 2.20. The predicted molar refractivity (Wildman–Crippen MR) is 55.5 cm³/mol. The average Bonchev–Trinajstić information content (AvgIpc) is 2.22. The highest BCUT2D eigenvalue weighted by atomic mass is 16.5. The van der Waals surface area contributed by atoms with E-state index in [1.165, 1.54) is 0 Å². The van der Waals surface area contributed by atoms with E-state index in [1.54, 1.807) is 0 Å². The standard InChI is InChI=1S/C9H21N3O2/c1-4-12(6-7-14-5-2)8(3)9(13)11-10/h8H,4-7,10H2,1-3H3,(H,11,13). The molecule has 5 nitrogen and oxygen atoms in total. The third kappa shape index (κ3) is 4.55. The van der Waals surface area contributed by atoms with Crippen LogP contribution in [-0.2, 0) is 9.53 Å². The Bertz CT molecular complexity index is 164. The largest absolute Gasteiger partial charge is 0.380 e. The molecule has 0 radical (unpaired) electrons. The van der Waals surface area contributed by atoms with Crippen LogP contribution in [0, 0.1) is 0 Å². The van der Waals surface area contributed by atoms with Crippen LogP contribution >= 0.6 is 0 Å². The maximum Gasteiger partial charge on any atom is 0.250 e. The van der Waals surface area contributed by atoms with Gasteiger partial charge in [-0.05, 0) is 20.4 Å². The number of amides is 1.